The van der Waals surface area contributed by atoms with Crippen LogP contribution in [0, 0.1) is 5.92 Å². The van der Waals surface area contributed by atoms with Crippen LogP contribution in [0.25, 0.3) is 10.9 Å². The zero-order valence-electron chi connectivity index (χ0n) is 12.2. The number of anilines is 1. The molecule has 1 aromatic carbocycles. The third-order valence-electron chi connectivity index (χ3n) is 4.00. The molecule has 1 aliphatic rings. The second-order valence-electron chi connectivity index (χ2n) is 5.60. The van der Waals surface area contributed by atoms with Crippen LogP contribution >= 0.6 is 0 Å². The van der Waals surface area contributed by atoms with Crippen molar-refractivity contribution in [3.8, 4) is 0 Å². The Balaban J connectivity index is 1.63. The first-order valence-corrected chi connectivity index (χ1v) is 8.97. The largest absolute Gasteiger partial charge is 0.326 e. The highest BCUT2D eigenvalue weighted by Crippen LogP contribution is 2.22. The average molecular weight is 322 g/mol. The van der Waals surface area contributed by atoms with Gasteiger partial charge in [-0.1, -0.05) is 0 Å². The summed E-state index contributed by atoms with van der Waals surface area (Å²) in [6.07, 6.45) is 4.02. The molecule has 0 bridgehead atoms. The Morgan fingerprint density at radius 2 is 2.09 bits per heavy atom. The summed E-state index contributed by atoms with van der Waals surface area (Å²) in [6, 6.07) is 5.56. The maximum absolute atomic E-state index is 12.3. The van der Waals surface area contributed by atoms with Crippen molar-refractivity contribution >= 4 is 32.5 Å². The first kappa shape index (κ1) is 15.0. The van der Waals surface area contributed by atoms with Gasteiger partial charge in [0.2, 0.25) is 15.9 Å². The van der Waals surface area contributed by atoms with Crippen LogP contribution in [-0.2, 0) is 14.8 Å². The van der Waals surface area contributed by atoms with Crippen LogP contribution in [0.3, 0.4) is 0 Å². The molecule has 2 N–H and O–H groups in total. The second kappa shape index (κ2) is 5.69. The molecule has 1 aromatic heterocycles. The molecule has 22 heavy (non-hydrogen) atoms. The molecular formula is C14H18N4O3S. The summed E-state index contributed by atoms with van der Waals surface area (Å²) in [5.41, 5.74) is 1.58. The Morgan fingerprint density at radius 3 is 2.77 bits per heavy atom. The van der Waals surface area contributed by atoms with Gasteiger partial charge >= 0.3 is 0 Å². The summed E-state index contributed by atoms with van der Waals surface area (Å²) >= 11 is 0. The van der Waals surface area contributed by atoms with Gasteiger partial charge in [-0.15, -0.1) is 0 Å². The molecular weight excluding hydrogens is 304 g/mol. The number of nitrogens with zero attached hydrogens (tertiary/aromatic N) is 2. The molecule has 2 heterocycles. The number of nitrogens with one attached hydrogen (secondary N) is 2. The molecule has 7 nitrogen and oxygen atoms in total. The third kappa shape index (κ3) is 3.12. The van der Waals surface area contributed by atoms with Gasteiger partial charge in [0.15, 0.2) is 0 Å². The van der Waals surface area contributed by atoms with E-state index in [2.05, 4.69) is 15.5 Å². The highest BCUT2D eigenvalue weighted by atomic mass is 32.2. The number of rotatable bonds is 3. The van der Waals surface area contributed by atoms with E-state index in [0.29, 0.717) is 31.6 Å². The van der Waals surface area contributed by atoms with Crippen LogP contribution in [0.5, 0.6) is 0 Å². The number of benzene rings is 1. The minimum atomic E-state index is -3.16. The van der Waals surface area contributed by atoms with Gasteiger partial charge in [-0.2, -0.15) is 5.10 Å². The Kier molecular flexibility index (Phi) is 3.88. The molecule has 3 rings (SSSR count). The summed E-state index contributed by atoms with van der Waals surface area (Å²) in [4.78, 5) is 12.3. The van der Waals surface area contributed by atoms with Gasteiger partial charge in [-0.05, 0) is 31.0 Å². The lowest BCUT2D eigenvalue weighted by molar-refractivity contribution is -0.120. The first-order valence-electron chi connectivity index (χ1n) is 7.12. The van der Waals surface area contributed by atoms with Crippen LogP contribution in [-0.4, -0.2) is 48.2 Å². The number of carbonyl (C=O) groups excluding carboxylic acids is 1. The van der Waals surface area contributed by atoms with Gasteiger partial charge in [0.05, 0.1) is 18.0 Å². The van der Waals surface area contributed by atoms with Crippen LogP contribution < -0.4 is 5.32 Å². The van der Waals surface area contributed by atoms with E-state index in [1.54, 1.807) is 6.20 Å². The van der Waals surface area contributed by atoms with Gasteiger partial charge in [-0.25, -0.2) is 12.7 Å². The van der Waals surface area contributed by atoms with E-state index in [-0.39, 0.29) is 11.8 Å². The molecule has 1 fully saturated rings. The number of fused-ring (bicyclic) bond motifs is 1. The minimum Gasteiger partial charge on any atom is -0.326 e. The van der Waals surface area contributed by atoms with Crippen molar-refractivity contribution < 1.29 is 13.2 Å². The SMILES string of the molecule is CS(=O)(=O)N1CCC(C(=O)Nc2ccc3cn[nH]c3c2)CC1. The van der Waals surface area contributed by atoms with Gasteiger partial charge in [0.1, 0.15) is 0 Å². The summed E-state index contributed by atoms with van der Waals surface area (Å²) in [6.45, 7) is 0.799. The molecule has 1 amide bonds. The highest BCUT2D eigenvalue weighted by molar-refractivity contribution is 7.88. The van der Waals surface area contributed by atoms with Gasteiger partial charge in [0.25, 0.3) is 0 Å². The van der Waals surface area contributed by atoms with E-state index < -0.39 is 10.0 Å². The molecule has 118 valence electrons. The van der Waals surface area contributed by atoms with Crippen LogP contribution in [0.15, 0.2) is 24.4 Å². The molecule has 0 radical (unpaired) electrons. The van der Waals surface area contributed by atoms with Crippen LogP contribution in [0.4, 0.5) is 5.69 Å². The summed E-state index contributed by atoms with van der Waals surface area (Å²) in [5.74, 6) is -0.220. The van der Waals surface area contributed by atoms with Gasteiger partial charge < -0.3 is 5.32 Å². The van der Waals surface area contributed by atoms with Gasteiger partial charge in [-0.3, -0.25) is 9.89 Å². The molecule has 1 saturated heterocycles. The molecule has 8 heteroatoms. The number of amides is 1. The molecule has 0 aliphatic carbocycles. The lowest BCUT2D eigenvalue weighted by Gasteiger charge is -2.29. The minimum absolute atomic E-state index is 0.0629. The van der Waals surface area contributed by atoms with Crippen molar-refractivity contribution in [1.82, 2.24) is 14.5 Å². The van der Waals surface area contributed by atoms with Crippen molar-refractivity contribution in [2.24, 2.45) is 5.92 Å². The second-order valence-corrected chi connectivity index (χ2v) is 7.58. The zero-order chi connectivity index (χ0) is 15.7. The number of carbonyl (C=O) groups is 1. The van der Waals surface area contributed by atoms with E-state index in [0.717, 1.165) is 10.9 Å². The van der Waals surface area contributed by atoms with E-state index in [1.165, 1.54) is 10.6 Å². The molecule has 0 spiro atoms. The fourth-order valence-electron chi connectivity index (χ4n) is 2.71. The topological polar surface area (TPSA) is 95.2 Å². The van der Waals surface area contributed by atoms with Crippen molar-refractivity contribution in [3.63, 3.8) is 0 Å². The molecule has 0 unspecified atom stereocenters. The van der Waals surface area contributed by atoms with Crippen molar-refractivity contribution in [3.05, 3.63) is 24.4 Å². The molecule has 0 saturated carbocycles. The van der Waals surface area contributed by atoms with Crippen molar-refractivity contribution in [1.29, 1.82) is 0 Å². The van der Waals surface area contributed by atoms with Crippen LogP contribution in [0.2, 0.25) is 0 Å². The molecule has 0 atom stereocenters. The standard InChI is InChI=1S/C14H18N4O3S/c1-22(20,21)18-6-4-10(5-7-18)14(19)16-12-3-2-11-9-15-17-13(11)8-12/h2-3,8-10H,4-7H2,1H3,(H,15,17)(H,16,19). The van der Waals surface area contributed by atoms with Gasteiger partial charge in [0, 0.05) is 30.1 Å². The van der Waals surface area contributed by atoms with E-state index in [1.807, 2.05) is 18.2 Å². The predicted molar refractivity (Wildman–Crippen MR) is 83.9 cm³/mol. The maximum Gasteiger partial charge on any atom is 0.227 e. The fraction of sp³-hybridized carbons (Fsp3) is 0.429. The lowest BCUT2D eigenvalue weighted by atomic mass is 9.97. The van der Waals surface area contributed by atoms with E-state index >= 15 is 0 Å². The zero-order valence-corrected chi connectivity index (χ0v) is 13.1. The number of H-pyrrole nitrogens is 1. The summed E-state index contributed by atoms with van der Waals surface area (Å²) < 4.78 is 24.4. The quantitative estimate of drug-likeness (QED) is 0.887. The summed E-state index contributed by atoms with van der Waals surface area (Å²) in [7, 11) is -3.16. The fourth-order valence-corrected chi connectivity index (χ4v) is 3.58. The Morgan fingerprint density at radius 1 is 1.36 bits per heavy atom. The highest BCUT2D eigenvalue weighted by Gasteiger charge is 2.28. The Labute approximate surface area is 128 Å². The Bertz CT molecular complexity index is 791. The first-order chi connectivity index (χ1) is 10.4. The van der Waals surface area contributed by atoms with E-state index in [4.69, 9.17) is 0 Å². The number of hydrogen-bond acceptors (Lipinski definition) is 4. The smallest absolute Gasteiger partial charge is 0.227 e. The number of hydrogen-bond donors (Lipinski definition) is 2. The number of sulfonamides is 1. The number of aromatic nitrogens is 2. The number of piperidine rings is 1. The predicted octanol–water partition coefficient (Wildman–Crippen LogP) is 1.17. The number of aromatic amines is 1. The van der Waals surface area contributed by atoms with Crippen LogP contribution in [0.1, 0.15) is 12.8 Å². The summed E-state index contributed by atoms with van der Waals surface area (Å²) in [5, 5.41) is 10.7. The normalized spacial score (nSPS) is 17.7. The monoisotopic (exact) mass is 322 g/mol. The average Bonchev–Trinajstić information content (AvgIpc) is 2.94. The molecule has 2 aromatic rings. The third-order valence-corrected chi connectivity index (χ3v) is 5.31. The Hall–Kier alpha value is -1.93. The van der Waals surface area contributed by atoms with Crippen molar-refractivity contribution in [2.75, 3.05) is 24.7 Å². The maximum atomic E-state index is 12.3. The lowest BCUT2D eigenvalue weighted by Crippen LogP contribution is -2.40. The van der Waals surface area contributed by atoms with E-state index in [9.17, 15) is 13.2 Å². The van der Waals surface area contributed by atoms with Crippen molar-refractivity contribution in [2.45, 2.75) is 12.8 Å². The molecule has 1 aliphatic heterocycles.